The second kappa shape index (κ2) is 4.10. The number of aryl methyl sites for hydroxylation is 1. The van der Waals surface area contributed by atoms with Crippen LogP contribution in [-0.4, -0.2) is 36.3 Å². The number of halogens is 1. The van der Waals surface area contributed by atoms with Gasteiger partial charge in [-0.15, -0.1) is 3.89 Å². The van der Waals surface area contributed by atoms with Crippen molar-refractivity contribution in [3.8, 4) is 0 Å². The zero-order chi connectivity index (χ0) is 12.6. The Kier molecular flexibility index (Phi) is 2.90. The quantitative estimate of drug-likeness (QED) is 0.797. The molecule has 2 heterocycles. The minimum atomic E-state index is -4.68. The molecule has 1 unspecified atom stereocenters. The van der Waals surface area contributed by atoms with Gasteiger partial charge in [-0.05, 0) is 6.42 Å². The van der Waals surface area contributed by atoms with Crippen LogP contribution in [0.15, 0.2) is 6.07 Å². The van der Waals surface area contributed by atoms with Crippen LogP contribution in [0.2, 0.25) is 0 Å². The van der Waals surface area contributed by atoms with Crippen molar-refractivity contribution in [2.75, 3.05) is 11.4 Å². The van der Waals surface area contributed by atoms with Crippen molar-refractivity contribution in [3.05, 3.63) is 11.8 Å². The molecule has 0 aliphatic carbocycles. The Balaban J connectivity index is 2.21. The Morgan fingerprint density at radius 1 is 1.65 bits per heavy atom. The average molecular weight is 261 g/mol. The number of H-pyrrole nitrogens is 1. The predicted octanol–water partition coefficient (Wildman–Crippen LogP) is 0.377. The Morgan fingerprint density at radius 2 is 2.35 bits per heavy atom. The van der Waals surface area contributed by atoms with Crippen LogP contribution in [-0.2, 0) is 21.4 Å². The van der Waals surface area contributed by atoms with Crippen LogP contribution in [0.1, 0.15) is 19.0 Å². The van der Waals surface area contributed by atoms with Crippen molar-refractivity contribution in [3.63, 3.8) is 0 Å². The van der Waals surface area contributed by atoms with Gasteiger partial charge >= 0.3 is 10.2 Å². The highest BCUT2D eigenvalue weighted by Gasteiger charge is 2.39. The molecule has 6 nitrogen and oxygen atoms in total. The van der Waals surface area contributed by atoms with Crippen LogP contribution >= 0.6 is 0 Å². The maximum atomic E-state index is 12.8. The van der Waals surface area contributed by atoms with E-state index in [0.29, 0.717) is 5.82 Å². The first-order valence-electron chi connectivity index (χ1n) is 5.20. The van der Waals surface area contributed by atoms with Crippen LogP contribution in [0.3, 0.4) is 0 Å². The third kappa shape index (κ3) is 2.31. The lowest BCUT2D eigenvalue weighted by Crippen LogP contribution is -2.27. The molecule has 1 saturated heterocycles. The summed E-state index contributed by atoms with van der Waals surface area (Å²) in [6.07, 6.45) is 0.396. The van der Waals surface area contributed by atoms with Crippen molar-refractivity contribution in [1.82, 2.24) is 10.2 Å². The molecule has 1 aliphatic rings. The molecule has 0 aromatic carbocycles. The number of hydrogen-bond donors (Lipinski definition) is 1. The summed E-state index contributed by atoms with van der Waals surface area (Å²) in [4.78, 5) is 12.8. The Morgan fingerprint density at radius 3 is 2.82 bits per heavy atom. The van der Waals surface area contributed by atoms with Gasteiger partial charge < -0.3 is 0 Å². The van der Waals surface area contributed by atoms with Crippen LogP contribution < -0.4 is 4.90 Å². The van der Waals surface area contributed by atoms with Gasteiger partial charge in [-0.25, -0.2) is 0 Å². The molecule has 0 spiro atoms. The zero-order valence-corrected chi connectivity index (χ0v) is 10.00. The highest BCUT2D eigenvalue weighted by molar-refractivity contribution is 7.87. The molecule has 1 amide bonds. The summed E-state index contributed by atoms with van der Waals surface area (Å²) < 4.78 is 34.3. The normalized spacial score (nSPS) is 21.2. The summed E-state index contributed by atoms with van der Waals surface area (Å²) in [5, 5.41) is 5.34. The molecule has 0 radical (unpaired) electrons. The summed E-state index contributed by atoms with van der Waals surface area (Å²) in [5.41, 5.74) is 0.833. The van der Waals surface area contributed by atoms with Crippen molar-refractivity contribution in [2.45, 2.75) is 25.0 Å². The molecular weight excluding hydrogens is 249 g/mol. The Hall–Kier alpha value is -1.44. The summed E-state index contributed by atoms with van der Waals surface area (Å²) in [6.45, 7) is 1.74. The van der Waals surface area contributed by atoms with Crippen molar-refractivity contribution < 1.29 is 17.1 Å². The van der Waals surface area contributed by atoms with Gasteiger partial charge in [-0.3, -0.25) is 14.8 Å². The number of aromatic nitrogens is 2. The number of amides is 1. The number of carbonyl (C=O) groups is 1. The summed E-state index contributed by atoms with van der Waals surface area (Å²) in [7, 11) is -4.68. The largest absolute Gasteiger partial charge is 0.307 e. The summed E-state index contributed by atoms with van der Waals surface area (Å²) in [5.74, 6) is -0.0802. The van der Waals surface area contributed by atoms with Crippen LogP contribution in [0.4, 0.5) is 9.70 Å². The van der Waals surface area contributed by atoms with E-state index in [0.717, 1.165) is 12.1 Å². The second-order valence-electron chi connectivity index (χ2n) is 3.91. The maximum absolute atomic E-state index is 12.8. The lowest BCUT2D eigenvalue weighted by Gasteiger charge is -2.11. The van der Waals surface area contributed by atoms with Crippen LogP contribution in [0, 0.1) is 0 Å². The SMILES string of the molecule is CCc1cc(N2CC(S(=O)(=O)F)CC2=O)n[nH]1. The fraction of sp³-hybridized carbons (Fsp3) is 0.556. The molecular formula is C9H12FN3O3S. The van der Waals surface area contributed by atoms with Gasteiger partial charge in [-0.1, -0.05) is 6.92 Å². The minimum Gasteiger partial charge on any atom is -0.294 e. The second-order valence-corrected chi connectivity index (χ2v) is 5.53. The molecule has 1 aromatic rings. The predicted molar refractivity (Wildman–Crippen MR) is 58.8 cm³/mol. The van der Waals surface area contributed by atoms with Crippen LogP contribution in [0.25, 0.3) is 0 Å². The minimum absolute atomic E-state index is 0.175. The van der Waals surface area contributed by atoms with E-state index in [4.69, 9.17) is 0 Å². The first-order valence-corrected chi connectivity index (χ1v) is 6.64. The Bertz CT molecular complexity index is 539. The fourth-order valence-corrected chi connectivity index (χ4v) is 2.42. The number of anilines is 1. The number of nitrogens with one attached hydrogen (secondary N) is 1. The van der Waals surface area contributed by atoms with Gasteiger partial charge in [0.1, 0.15) is 5.25 Å². The molecule has 17 heavy (non-hydrogen) atoms. The third-order valence-corrected chi connectivity index (χ3v) is 3.87. The molecule has 0 saturated carbocycles. The van der Waals surface area contributed by atoms with E-state index < -0.39 is 21.4 Å². The van der Waals surface area contributed by atoms with Gasteiger partial charge in [0.05, 0.1) is 0 Å². The van der Waals surface area contributed by atoms with Gasteiger partial charge in [-0.2, -0.15) is 13.5 Å². The lowest BCUT2D eigenvalue weighted by molar-refractivity contribution is -0.117. The molecule has 94 valence electrons. The molecule has 1 aliphatic heterocycles. The molecule has 1 aromatic heterocycles. The molecule has 2 rings (SSSR count). The molecule has 1 N–H and O–H groups in total. The molecule has 1 fully saturated rings. The number of hydrogen-bond acceptors (Lipinski definition) is 4. The monoisotopic (exact) mass is 261 g/mol. The highest BCUT2D eigenvalue weighted by Crippen LogP contribution is 2.24. The highest BCUT2D eigenvalue weighted by atomic mass is 32.3. The summed E-state index contributed by atoms with van der Waals surface area (Å²) >= 11 is 0. The smallest absolute Gasteiger partial charge is 0.294 e. The standard InChI is InChI=1S/C9H12FN3O3S/c1-2-6-3-8(12-11-6)13-5-7(4-9(13)14)17(10,15)16/h3,7H,2,4-5H2,1H3,(H,11,12). The van der Waals surface area contributed by atoms with Gasteiger partial charge in [0.2, 0.25) is 5.91 Å². The average Bonchev–Trinajstić information content (AvgIpc) is 2.82. The van der Waals surface area contributed by atoms with Gasteiger partial charge in [0, 0.05) is 24.7 Å². The van der Waals surface area contributed by atoms with E-state index in [2.05, 4.69) is 10.2 Å². The maximum Gasteiger partial charge on any atom is 0.307 e. The van der Waals surface area contributed by atoms with Crippen molar-refractivity contribution >= 4 is 21.9 Å². The molecule has 1 atom stereocenters. The van der Waals surface area contributed by atoms with Gasteiger partial charge in [0.25, 0.3) is 0 Å². The fourth-order valence-electron chi connectivity index (χ4n) is 1.75. The first kappa shape index (κ1) is 12.0. The molecule has 0 bridgehead atoms. The number of rotatable bonds is 3. The van der Waals surface area contributed by atoms with E-state index in [9.17, 15) is 17.1 Å². The summed E-state index contributed by atoms with van der Waals surface area (Å²) in [6, 6.07) is 1.66. The number of aromatic amines is 1. The first-order chi connectivity index (χ1) is 7.91. The zero-order valence-electron chi connectivity index (χ0n) is 9.18. The van der Waals surface area contributed by atoms with E-state index in [1.165, 1.54) is 4.90 Å². The lowest BCUT2D eigenvalue weighted by atomic mass is 10.3. The number of nitrogens with zero attached hydrogens (tertiary/aromatic N) is 2. The van der Waals surface area contributed by atoms with Crippen molar-refractivity contribution in [1.29, 1.82) is 0 Å². The van der Waals surface area contributed by atoms with E-state index in [1.54, 1.807) is 6.07 Å². The van der Waals surface area contributed by atoms with Crippen molar-refractivity contribution in [2.24, 2.45) is 0 Å². The number of carbonyl (C=O) groups excluding carboxylic acids is 1. The van der Waals surface area contributed by atoms with Gasteiger partial charge in [0.15, 0.2) is 5.82 Å². The Labute approximate surface area is 98.0 Å². The topological polar surface area (TPSA) is 83.1 Å². The van der Waals surface area contributed by atoms with E-state index >= 15 is 0 Å². The van der Waals surface area contributed by atoms with E-state index in [-0.39, 0.29) is 13.0 Å². The van der Waals surface area contributed by atoms with Crippen LogP contribution in [0.5, 0.6) is 0 Å². The van der Waals surface area contributed by atoms with E-state index in [1.807, 2.05) is 6.92 Å². The molecule has 8 heteroatoms. The third-order valence-electron chi connectivity index (χ3n) is 2.76.